The molecule has 0 radical (unpaired) electrons. The molecule has 0 aromatic heterocycles. The standard InChI is InChI=1S/C26H20ClN3O3S/c27-24-7-5-22-14-25(8-6-21(22)13-24)34(32,33)30-10-9-29(26(31)17-30)16-19-2-4-20-3-1-18(15-28)11-23(20)12-19/h1-8,11-14H,9-10,16-17H2. The van der Waals surface area contributed by atoms with E-state index in [1.165, 1.54) is 4.31 Å². The number of amides is 1. The van der Waals surface area contributed by atoms with Crippen LogP contribution in [0.5, 0.6) is 0 Å². The summed E-state index contributed by atoms with van der Waals surface area (Å²) in [5.74, 6) is -0.242. The van der Waals surface area contributed by atoms with Crippen molar-refractivity contribution in [3.05, 3.63) is 88.9 Å². The van der Waals surface area contributed by atoms with Crippen LogP contribution in [-0.2, 0) is 21.4 Å². The maximum absolute atomic E-state index is 13.2. The number of sulfonamides is 1. The molecule has 8 heteroatoms. The second kappa shape index (κ2) is 8.73. The Bertz CT molecular complexity index is 1590. The lowest BCUT2D eigenvalue weighted by molar-refractivity contribution is -0.134. The molecule has 0 spiro atoms. The van der Waals surface area contributed by atoms with E-state index >= 15 is 0 Å². The van der Waals surface area contributed by atoms with E-state index in [1.54, 1.807) is 47.4 Å². The fourth-order valence-corrected chi connectivity index (χ4v) is 5.84. The third-order valence-electron chi connectivity index (χ3n) is 6.10. The van der Waals surface area contributed by atoms with Crippen LogP contribution in [0.4, 0.5) is 0 Å². The van der Waals surface area contributed by atoms with Crippen molar-refractivity contribution in [3.63, 3.8) is 0 Å². The number of benzene rings is 4. The molecule has 0 atom stereocenters. The number of carbonyl (C=O) groups is 1. The van der Waals surface area contributed by atoms with E-state index in [4.69, 9.17) is 16.9 Å². The summed E-state index contributed by atoms with van der Waals surface area (Å²) < 4.78 is 27.7. The number of nitrogens with zero attached hydrogens (tertiary/aromatic N) is 3. The summed E-state index contributed by atoms with van der Waals surface area (Å²) >= 11 is 6.02. The Morgan fingerprint density at radius 2 is 1.59 bits per heavy atom. The Morgan fingerprint density at radius 1 is 0.853 bits per heavy atom. The molecule has 6 nitrogen and oxygen atoms in total. The number of piperazine rings is 1. The van der Waals surface area contributed by atoms with Crippen LogP contribution in [0.3, 0.4) is 0 Å². The maximum Gasteiger partial charge on any atom is 0.243 e. The molecule has 0 aliphatic carbocycles. The van der Waals surface area contributed by atoms with Gasteiger partial charge >= 0.3 is 0 Å². The summed E-state index contributed by atoms with van der Waals surface area (Å²) in [5, 5.41) is 13.3. The predicted octanol–water partition coefficient (Wildman–Crippen LogP) is 4.55. The van der Waals surface area contributed by atoms with Crippen molar-refractivity contribution in [2.24, 2.45) is 0 Å². The van der Waals surface area contributed by atoms with E-state index < -0.39 is 10.0 Å². The van der Waals surface area contributed by atoms with Crippen LogP contribution >= 0.6 is 11.6 Å². The maximum atomic E-state index is 13.2. The van der Waals surface area contributed by atoms with Crippen LogP contribution in [0.2, 0.25) is 5.02 Å². The van der Waals surface area contributed by atoms with Gasteiger partial charge in [0.15, 0.2) is 0 Å². The molecule has 34 heavy (non-hydrogen) atoms. The second-order valence-electron chi connectivity index (χ2n) is 8.32. The average molecular weight is 490 g/mol. The molecule has 1 aliphatic rings. The van der Waals surface area contributed by atoms with E-state index in [0.717, 1.165) is 27.1 Å². The summed E-state index contributed by atoms with van der Waals surface area (Å²) in [6, 6.07) is 23.7. The van der Waals surface area contributed by atoms with Gasteiger partial charge in [-0.3, -0.25) is 4.79 Å². The second-order valence-corrected chi connectivity index (χ2v) is 10.7. The Labute approximate surface area is 202 Å². The highest BCUT2D eigenvalue weighted by molar-refractivity contribution is 7.89. The molecule has 0 N–H and O–H groups in total. The largest absolute Gasteiger partial charge is 0.336 e. The predicted molar refractivity (Wildman–Crippen MR) is 132 cm³/mol. The van der Waals surface area contributed by atoms with Gasteiger partial charge in [0.05, 0.1) is 23.1 Å². The molecule has 1 saturated heterocycles. The summed E-state index contributed by atoms with van der Waals surface area (Å²) in [6.07, 6.45) is 0. The average Bonchev–Trinajstić information content (AvgIpc) is 2.84. The summed E-state index contributed by atoms with van der Waals surface area (Å²) in [6.45, 7) is 0.708. The van der Waals surface area contributed by atoms with Crippen LogP contribution in [0.1, 0.15) is 11.1 Å². The lowest BCUT2D eigenvalue weighted by Gasteiger charge is -2.33. The topological polar surface area (TPSA) is 81.5 Å². The molecule has 1 heterocycles. The van der Waals surface area contributed by atoms with Gasteiger partial charge < -0.3 is 4.90 Å². The summed E-state index contributed by atoms with van der Waals surface area (Å²) in [4.78, 5) is 14.7. The minimum atomic E-state index is -3.81. The van der Waals surface area contributed by atoms with Gasteiger partial charge in [0.25, 0.3) is 0 Å². The summed E-state index contributed by atoms with van der Waals surface area (Å²) in [7, 11) is -3.81. The van der Waals surface area contributed by atoms with Crippen LogP contribution in [-0.4, -0.2) is 43.2 Å². The number of fused-ring (bicyclic) bond motifs is 2. The first kappa shape index (κ1) is 22.4. The van der Waals surface area contributed by atoms with Crippen molar-refractivity contribution < 1.29 is 13.2 Å². The third kappa shape index (κ3) is 4.24. The zero-order valence-electron chi connectivity index (χ0n) is 18.1. The monoisotopic (exact) mass is 489 g/mol. The smallest absolute Gasteiger partial charge is 0.243 e. The van der Waals surface area contributed by atoms with E-state index in [1.807, 2.05) is 30.3 Å². The van der Waals surface area contributed by atoms with Crippen molar-refractivity contribution in [2.45, 2.75) is 11.4 Å². The van der Waals surface area contributed by atoms with Crippen LogP contribution in [0, 0.1) is 11.3 Å². The van der Waals surface area contributed by atoms with Crippen molar-refractivity contribution in [3.8, 4) is 6.07 Å². The van der Waals surface area contributed by atoms with Gasteiger partial charge in [-0.15, -0.1) is 0 Å². The summed E-state index contributed by atoms with van der Waals surface area (Å²) in [5.41, 5.74) is 1.51. The molecule has 0 unspecified atom stereocenters. The molecule has 170 valence electrons. The minimum absolute atomic E-state index is 0.159. The highest BCUT2D eigenvalue weighted by Crippen LogP contribution is 2.26. The fourth-order valence-electron chi connectivity index (χ4n) is 4.25. The highest BCUT2D eigenvalue weighted by Gasteiger charge is 2.33. The van der Waals surface area contributed by atoms with Crippen LogP contribution in [0.15, 0.2) is 77.7 Å². The molecular weight excluding hydrogens is 470 g/mol. The Hall–Kier alpha value is -3.44. The van der Waals surface area contributed by atoms with E-state index in [-0.39, 0.29) is 23.9 Å². The van der Waals surface area contributed by atoms with Gasteiger partial charge in [0.2, 0.25) is 15.9 Å². The van der Waals surface area contributed by atoms with Gasteiger partial charge in [-0.05, 0) is 69.6 Å². The Kier molecular flexibility index (Phi) is 5.74. The Morgan fingerprint density at radius 3 is 2.38 bits per heavy atom. The number of carbonyl (C=O) groups excluding carboxylic acids is 1. The van der Waals surface area contributed by atoms with Gasteiger partial charge in [0, 0.05) is 24.7 Å². The van der Waals surface area contributed by atoms with Crippen LogP contribution < -0.4 is 0 Å². The first-order valence-corrected chi connectivity index (χ1v) is 12.6. The molecule has 4 aromatic carbocycles. The third-order valence-corrected chi connectivity index (χ3v) is 8.18. The number of rotatable bonds is 4. The van der Waals surface area contributed by atoms with Gasteiger partial charge in [-0.25, -0.2) is 8.42 Å². The van der Waals surface area contributed by atoms with Crippen molar-refractivity contribution in [1.82, 2.24) is 9.21 Å². The first-order chi connectivity index (χ1) is 16.3. The molecule has 0 saturated carbocycles. The number of hydrogen-bond donors (Lipinski definition) is 0. The van der Waals surface area contributed by atoms with Crippen LogP contribution in [0.25, 0.3) is 21.5 Å². The van der Waals surface area contributed by atoms with E-state index in [2.05, 4.69) is 6.07 Å². The molecule has 0 bridgehead atoms. The quantitative estimate of drug-likeness (QED) is 0.421. The lowest BCUT2D eigenvalue weighted by atomic mass is 10.0. The SMILES string of the molecule is N#Cc1ccc2ccc(CN3CCN(S(=O)(=O)c4ccc5cc(Cl)ccc5c4)CC3=O)cc2c1. The zero-order valence-corrected chi connectivity index (χ0v) is 19.7. The normalized spacial score (nSPS) is 15.1. The number of hydrogen-bond acceptors (Lipinski definition) is 4. The number of nitriles is 1. The highest BCUT2D eigenvalue weighted by atomic mass is 35.5. The minimum Gasteiger partial charge on any atom is -0.336 e. The number of halogens is 1. The Balaban J connectivity index is 1.32. The molecule has 1 aliphatic heterocycles. The molecule has 4 aromatic rings. The van der Waals surface area contributed by atoms with Gasteiger partial charge in [0.1, 0.15) is 0 Å². The zero-order chi connectivity index (χ0) is 23.9. The van der Waals surface area contributed by atoms with Crippen molar-refractivity contribution in [2.75, 3.05) is 19.6 Å². The molecule has 5 rings (SSSR count). The van der Waals surface area contributed by atoms with Gasteiger partial charge in [-0.2, -0.15) is 9.57 Å². The molecule has 1 amide bonds. The first-order valence-electron chi connectivity index (χ1n) is 10.7. The van der Waals surface area contributed by atoms with Crippen molar-refractivity contribution in [1.29, 1.82) is 5.26 Å². The van der Waals surface area contributed by atoms with Crippen molar-refractivity contribution >= 4 is 49.1 Å². The fraction of sp³-hybridized carbons (Fsp3) is 0.154. The molecule has 1 fully saturated rings. The van der Waals surface area contributed by atoms with E-state index in [0.29, 0.717) is 23.7 Å². The van der Waals surface area contributed by atoms with E-state index in [9.17, 15) is 13.2 Å². The van der Waals surface area contributed by atoms with Gasteiger partial charge in [-0.1, -0.05) is 41.9 Å². The lowest BCUT2D eigenvalue weighted by Crippen LogP contribution is -2.51. The molecular formula is C26H20ClN3O3S.